The molecule has 0 bridgehead atoms. The summed E-state index contributed by atoms with van der Waals surface area (Å²) < 4.78 is 0. The Bertz CT molecular complexity index is 1260. The van der Waals surface area contributed by atoms with Crippen LogP contribution in [0.15, 0.2) is 85.0 Å². The number of H-pyrrole nitrogens is 1. The third kappa shape index (κ3) is 5.10. The van der Waals surface area contributed by atoms with E-state index in [2.05, 4.69) is 26.7 Å². The van der Waals surface area contributed by atoms with Gasteiger partial charge in [0.05, 0.1) is 0 Å². The van der Waals surface area contributed by atoms with Crippen molar-refractivity contribution >= 4 is 28.8 Å². The first kappa shape index (κ1) is 21.1. The molecule has 4 aromatic rings. The Hall–Kier alpha value is -4.19. The highest BCUT2D eigenvalue weighted by molar-refractivity contribution is 6.05. The summed E-state index contributed by atoms with van der Waals surface area (Å²) in [4.78, 5) is 33.0. The number of aryl methyl sites for hydroxylation is 1. The van der Waals surface area contributed by atoms with Crippen molar-refractivity contribution in [3.05, 3.63) is 107 Å². The fraction of sp³-hybridized carbons (Fsp3) is 0.115. The number of nitrogens with one attached hydrogen (secondary N) is 3. The van der Waals surface area contributed by atoms with Crippen LogP contribution < -0.4 is 10.6 Å². The Morgan fingerprint density at radius 3 is 2.62 bits per heavy atom. The van der Waals surface area contributed by atoms with Crippen LogP contribution in [-0.2, 0) is 11.2 Å². The van der Waals surface area contributed by atoms with E-state index in [1.165, 1.54) is 0 Å². The first-order valence-electron chi connectivity index (χ1n) is 10.4. The van der Waals surface area contributed by atoms with Crippen molar-refractivity contribution in [1.29, 1.82) is 0 Å². The number of nitrogens with zero attached hydrogens (tertiary/aromatic N) is 1. The van der Waals surface area contributed by atoms with E-state index in [4.69, 9.17) is 0 Å². The number of rotatable bonds is 7. The molecule has 0 aliphatic carbocycles. The average molecular weight is 425 g/mol. The van der Waals surface area contributed by atoms with Gasteiger partial charge in [0.1, 0.15) is 5.70 Å². The van der Waals surface area contributed by atoms with Gasteiger partial charge in [-0.25, -0.2) is 0 Å². The molecule has 6 heteroatoms. The van der Waals surface area contributed by atoms with Crippen LogP contribution in [0.5, 0.6) is 0 Å². The molecule has 0 atom stereocenters. The maximum atomic E-state index is 12.9. The van der Waals surface area contributed by atoms with Crippen molar-refractivity contribution in [3.8, 4) is 0 Å². The molecular weight excluding hydrogens is 400 g/mol. The summed E-state index contributed by atoms with van der Waals surface area (Å²) in [6, 6.07) is 18.9. The summed E-state index contributed by atoms with van der Waals surface area (Å²) in [5.41, 5.74) is 4.63. The molecule has 3 N–H and O–H groups in total. The van der Waals surface area contributed by atoms with Crippen LogP contribution in [0.3, 0.4) is 0 Å². The van der Waals surface area contributed by atoms with E-state index in [9.17, 15) is 9.59 Å². The van der Waals surface area contributed by atoms with Gasteiger partial charge < -0.3 is 15.6 Å². The SMILES string of the molecule is Cc1ccc(C(=O)N/C(=C\c2cccnc2)C(=O)NCCc2c[nH]c3ccccc23)cc1. The molecule has 6 nitrogen and oxygen atoms in total. The highest BCUT2D eigenvalue weighted by Crippen LogP contribution is 2.17. The number of carbonyl (C=O) groups is 2. The normalized spacial score (nSPS) is 11.3. The molecule has 2 aromatic carbocycles. The second kappa shape index (κ2) is 9.75. The van der Waals surface area contributed by atoms with E-state index in [1.807, 2.05) is 49.5 Å². The molecule has 160 valence electrons. The number of benzene rings is 2. The number of hydrogen-bond donors (Lipinski definition) is 3. The van der Waals surface area contributed by atoms with Gasteiger partial charge in [-0.1, -0.05) is 42.0 Å². The van der Waals surface area contributed by atoms with Gasteiger partial charge in [-0.05, 0) is 54.8 Å². The standard InChI is InChI=1S/C26H24N4O2/c1-18-8-10-20(11-9-18)25(31)30-24(15-19-5-4-13-27-16-19)26(32)28-14-12-21-17-29-23-7-3-2-6-22(21)23/h2-11,13,15-17,29H,12,14H2,1H3,(H,28,32)(H,30,31)/b24-15-. The second-order valence-electron chi connectivity index (χ2n) is 7.53. The summed E-state index contributed by atoms with van der Waals surface area (Å²) >= 11 is 0. The van der Waals surface area contributed by atoms with Gasteiger partial charge in [-0.3, -0.25) is 14.6 Å². The van der Waals surface area contributed by atoms with Crippen LogP contribution in [0, 0.1) is 6.92 Å². The summed E-state index contributed by atoms with van der Waals surface area (Å²) in [6.07, 6.45) is 7.55. The molecule has 0 spiro atoms. The Balaban J connectivity index is 1.47. The predicted octanol–water partition coefficient (Wildman–Crippen LogP) is 4.00. The summed E-state index contributed by atoms with van der Waals surface area (Å²) in [5, 5.41) is 6.81. The van der Waals surface area contributed by atoms with Crippen molar-refractivity contribution in [2.75, 3.05) is 6.54 Å². The molecule has 0 saturated carbocycles. The van der Waals surface area contributed by atoms with Crippen LogP contribution >= 0.6 is 0 Å². The maximum Gasteiger partial charge on any atom is 0.267 e. The van der Waals surface area contributed by atoms with E-state index in [-0.39, 0.29) is 17.5 Å². The zero-order chi connectivity index (χ0) is 22.3. The van der Waals surface area contributed by atoms with E-state index in [1.54, 1.807) is 36.7 Å². The third-order valence-corrected chi connectivity index (χ3v) is 5.16. The molecule has 0 fully saturated rings. The molecule has 0 aliphatic heterocycles. The number of aromatic nitrogens is 2. The lowest BCUT2D eigenvalue weighted by Gasteiger charge is -2.11. The van der Waals surface area contributed by atoms with Gasteiger partial charge in [0, 0.05) is 41.6 Å². The van der Waals surface area contributed by atoms with Gasteiger partial charge >= 0.3 is 0 Å². The number of hydrogen-bond acceptors (Lipinski definition) is 3. The molecule has 2 heterocycles. The van der Waals surface area contributed by atoms with Crippen molar-refractivity contribution in [2.24, 2.45) is 0 Å². The Morgan fingerprint density at radius 2 is 1.84 bits per heavy atom. The van der Waals surface area contributed by atoms with Gasteiger partial charge in [-0.15, -0.1) is 0 Å². The number of para-hydroxylation sites is 1. The van der Waals surface area contributed by atoms with E-state index in [0.717, 1.165) is 27.6 Å². The van der Waals surface area contributed by atoms with Crippen LogP contribution in [0.1, 0.15) is 27.0 Å². The Kier molecular flexibility index (Phi) is 6.41. The van der Waals surface area contributed by atoms with Crippen LogP contribution in [-0.4, -0.2) is 28.3 Å². The lowest BCUT2D eigenvalue weighted by atomic mass is 10.1. The van der Waals surface area contributed by atoms with Crippen LogP contribution in [0.25, 0.3) is 17.0 Å². The first-order chi connectivity index (χ1) is 15.6. The largest absolute Gasteiger partial charge is 0.361 e. The topological polar surface area (TPSA) is 86.9 Å². The summed E-state index contributed by atoms with van der Waals surface area (Å²) in [7, 11) is 0. The highest BCUT2D eigenvalue weighted by Gasteiger charge is 2.15. The molecule has 4 rings (SSSR count). The highest BCUT2D eigenvalue weighted by atomic mass is 16.2. The van der Waals surface area contributed by atoms with Crippen molar-refractivity contribution < 1.29 is 9.59 Å². The lowest BCUT2D eigenvalue weighted by molar-refractivity contribution is -0.117. The quantitative estimate of drug-likeness (QED) is 0.392. The van der Waals surface area contributed by atoms with Gasteiger partial charge in [-0.2, -0.15) is 0 Å². The maximum absolute atomic E-state index is 12.9. The van der Waals surface area contributed by atoms with E-state index >= 15 is 0 Å². The van der Waals surface area contributed by atoms with Crippen LogP contribution in [0.2, 0.25) is 0 Å². The molecule has 0 aliphatic rings. The second-order valence-corrected chi connectivity index (χ2v) is 7.53. The Morgan fingerprint density at radius 1 is 1.03 bits per heavy atom. The predicted molar refractivity (Wildman–Crippen MR) is 126 cm³/mol. The fourth-order valence-corrected chi connectivity index (χ4v) is 3.43. The minimum Gasteiger partial charge on any atom is -0.361 e. The molecular formula is C26H24N4O2. The molecule has 0 radical (unpaired) electrons. The molecule has 0 unspecified atom stereocenters. The number of pyridine rings is 1. The van der Waals surface area contributed by atoms with Crippen LogP contribution in [0.4, 0.5) is 0 Å². The van der Waals surface area contributed by atoms with Gasteiger partial charge in [0.15, 0.2) is 0 Å². The zero-order valence-corrected chi connectivity index (χ0v) is 17.8. The van der Waals surface area contributed by atoms with Crippen molar-refractivity contribution in [3.63, 3.8) is 0 Å². The lowest BCUT2D eigenvalue weighted by Crippen LogP contribution is -2.35. The third-order valence-electron chi connectivity index (χ3n) is 5.16. The number of amides is 2. The average Bonchev–Trinajstić information content (AvgIpc) is 3.23. The first-order valence-corrected chi connectivity index (χ1v) is 10.4. The molecule has 32 heavy (non-hydrogen) atoms. The number of aromatic amines is 1. The van der Waals surface area contributed by atoms with Gasteiger partial charge in [0.2, 0.25) is 0 Å². The van der Waals surface area contributed by atoms with Crippen molar-refractivity contribution in [1.82, 2.24) is 20.6 Å². The van der Waals surface area contributed by atoms with E-state index < -0.39 is 0 Å². The van der Waals surface area contributed by atoms with E-state index in [0.29, 0.717) is 18.5 Å². The minimum atomic E-state index is -0.353. The summed E-state index contributed by atoms with van der Waals surface area (Å²) in [5.74, 6) is -0.693. The molecule has 0 saturated heterocycles. The number of carbonyl (C=O) groups excluding carboxylic acids is 2. The van der Waals surface area contributed by atoms with Gasteiger partial charge in [0.25, 0.3) is 11.8 Å². The molecule has 2 amide bonds. The number of fused-ring (bicyclic) bond motifs is 1. The monoisotopic (exact) mass is 424 g/mol. The minimum absolute atomic E-state index is 0.169. The summed E-state index contributed by atoms with van der Waals surface area (Å²) in [6.45, 7) is 2.39. The molecule has 2 aromatic heterocycles. The zero-order valence-electron chi connectivity index (χ0n) is 17.8. The van der Waals surface area contributed by atoms with Crippen molar-refractivity contribution in [2.45, 2.75) is 13.3 Å². The smallest absolute Gasteiger partial charge is 0.267 e. The Labute approximate surface area is 186 Å². The fourth-order valence-electron chi connectivity index (χ4n) is 3.43.